The molecule has 27 heavy (non-hydrogen) atoms. The summed E-state index contributed by atoms with van der Waals surface area (Å²) >= 11 is 0. The first-order valence-electron chi connectivity index (χ1n) is 11.0. The third-order valence-corrected chi connectivity index (χ3v) is 6.07. The zero-order chi connectivity index (χ0) is 19.9. The number of rotatable bonds is 12. The van der Waals surface area contributed by atoms with Gasteiger partial charge in [0, 0.05) is 0 Å². The minimum Gasteiger partial charge on any atom is -0.461 e. The van der Waals surface area contributed by atoms with Crippen LogP contribution < -0.4 is 0 Å². The van der Waals surface area contributed by atoms with Crippen molar-refractivity contribution >= 4 is 6.47 Å². The standard InChI is InChI=1S/C25H40O2/c1-20-17-22(11-7-6-9-13-24(3,4)5)21(2)23(18-20)12-8-10-14-25(15-16-25)27-19-26/h17-19H,6-16H2,1-5H3. The first-order chi connectivity index (χ1) is 12.7. The molecule has 0 unspecified atom stereocenters. The molecule has 0 aliphatic heterocycles. The SMILES string of the molecule is Cc1cc(CCCCCC(C)(C)C)c(C)c(CCCCC2(OC=O)CC2)c1. The van der Waals surface area contributed by atoms with Crippen LogP contribution in [0.3, 0.4) is 0 Å². The fourth-order valence-corrected chi connectivity index (χ4v) is 4.11. The number of hydrogen-bond donors (Lipinski definition) is 0. The molecule has 0 bridgehead atoms. The topological polar surface area (TPSA) is 26.3 Å². The van der Waals surface area contributed by atoms with Gasteiger partial charge < -0.3 is 4.74 Å². The van der Waals surface area contributed by atoms with Gasteiger partial charge in [-0.2, -0.15) is 0 Å². The van der Waals surface area contributed by atoms with Gasteiger partial charge in [-0.1, -0.05) is 51.3 Å². The van der Waals surface area contributed by atoms with E-state index in [0.29, 0.717) is 11.9 Å². The van der Waals surface area contributed by atoms with E-state index in [1.807, 2.05) is 0 Å². The van der Waals surface area contributed by atoms with Gasteiger partial charge >= 0.3 is 0 Å². The van der Waals surface area contributed by atoms with Crippen molar-refractivity contribution in [3.63, 3.8) is 0 Å². The molecule has 1 fully saturated rings. The molecule has 1 aromatic rings. The third kappa shape index (κ3) is 7.68. The number of unbranched alkanes of at least 4 members (excludes halogenated alkanes) is 3. The Morgan fingerprint density at radius 1 is 0.963 bits per heavy atom. The van der Waals surface area contributed by atoms with Crippen LogP contribution in [0.2, 0.25) is 0 Å². The molecule has 0 amide bonds. The Balaban J connectivity index is 1.78. The highest BCUT2D eigenvalue weighted by Crippen LogP contribution is 2.43. The van der Waals surface area contributed by atoms with Crippen molar-refractivity contribution in [2.75, 3.05) is 0 Å². The van der Waals surface area contributed by atoms with Gasteiger partial charge in [0.25, 0.3) is 6.47 Å². The number of aryl methyl sites for hydroxylation is 3. The van der Waals surface area contributed by atoms with Crippen molar-refractivity contribution in [3.05, 3.63) is 34.4 Å². The van der Waals surface area contributed by atoms with Crippen LogP contribution in [0.1, 0.15) is 101 Å². The summed E-state index contributed by atoms with van der Waals surface area (Å²) in [6, 6.07) is 4.76. The van der Waals surface area contributed by atoms with E-state index in [2.05, 4.69) is 46.8 Å². The molecule has 0 spiro atoms. The molecular formula is C25H40O2. The van der Waals surface area contributed by atoms with Crippen molar-refractivity contribution in [1.29, 1.82) is 0 Å². The second-order valence-electron chi connectivity index (χ2n) is 9.93. The smallest absolute Gasteiger partial charge is 0.293 e. The number of carbonyl (C=O) groups is 1. The Labute approximate surface area is 167 Å². The Morgan fingerprint density at radius 2 is 1.56 bits per heavy atom. The summed E-state index contributed by atoms with van der Waals surface area (Å²) in [6.07, 6.45) is 13.1. The number of carbonyl (C=O) groups excluding carboxylic acids is 1. The molecule has 0 atom stereocenters. The monoisotopic (exact) mass is 372 g/mol. The van der Waals surface area contributed by atoms with E-state index in [1.54, 1.807) is 5.56 Å². The van der Waals surface area contributed by atoms with Crippen molar-refractivity contribution < 1.29 is 9.53 Å². The van der Waals surface area contributed by atoms with Gasteiger partial charge in [-0.25, -0.2) is 0 Å². The minimum absolute atomic E-state index is 0.0956. The van der Waals surface area contributed by atoms with Crippen molar-refractivity contribution in [2.45, 2.75) is 111 Å². The van der Waals surface area contributed by atoms with Crippen LogP contribution in [0.4, 0.5) is 0 Å². The predicted molar refractivity (Wildman–Crippen MR) is 114 cm³/mol. The number of hydrogen-bond acceptors (Lipinski definition) is 2. The predicted octanol–water partition coefficient (Wildman–Crippen LogP) is 6.87. The molecular weight excluding hydrogens is 332 g/mol. The van der Waals surface area contributed by atoms with Crippen LogP contribution in [0.25, 0.3) is 0 Å². The molecule has 0 radical (unpaired) electrons. The van der Waals surface area contributed by atoms with Crippen LogP contribution in [-0.2, 0) is 22.4 Å². The number of benzene rings is 1. The molecule has 0 saturated heterocycles. The summed E-state index contributed by atoms with van der Waals surface area (Å²) in [5.74, 6) is 0. The molecule has 152 valence electrons. The summed E-state index contributed by atoms with van der Waals surface area (Å²) in [6.45, 7) is 12.2. The average molecular weight is 373 g/mol. The zero-order valence-electron chi connectivity index (χ0n) is 18.3. The third-order valence-electron chi connectivity index (χ3n) is 6.07. The van der Waals surface area contributed by atoms with E-state index < -0.39 is 0 Å². The van der Waals surface area contributed by atoms with Gasteiger partial charge in [-0.15, -0.1) is 0 Å². The van der Waals surface area contributed by atoms with Crippen molar-refractivity contribution in [2.24, 2.45) is 5.41 Å². The highest BCUT2D eigenvalue weighted by molar-refractivity contribution is 5.39. The fraction of sp³-hybridized carbons (Fsp3) is 0.720. The molecule has 0 aromatic heterocycles. The largest absolute Gasteiger partial charge is 0.461 e. The lowest BCUT2D eigenvalue weighted by Gasteiger charge is -2.18. The lowest BCUT2D eigenvalue weighted by Crippen LogP contribution is -2.12. The molecule has 1 aliphatic carbocycles. The van der Waals surface area contributed by atoms with E-state index in [9.17, 15) is 4.79 Å². The quantitative estimate of drug-likeness (QED) is 0.295. The molecule has 0 heterocycles. The highest BCUT2D eigenvalue weighted by atomic mass is 16.5. The number of ether oxygens (including phenoxy) is 1. The van der Waals surface area contributed by atoms with Gasteiger partial charge in [-0.3, -0.25) is 4.79 Å². The first-order valence-corrected chi connectivity index (χ1v) is 11.0. The van der Waals surface area contributed by atoms with Gasteiger partial charge in [0.1, 0.15) is 5.60 Å². The van der Waals surface area contributed by atoms with E-state index in [-0.39, 0.29) is 5.60 Å². The maximum Gasteiger partial charge on any atom is 0.293 e. The van der Waals surface area contributed by atoms with Gasteiger partial charge in [0.15, 0.2) is 0 Å². The summed E-state index contributed by atoms with van der Waals surface area (Å²) in [7, 11) is 0. The maximum absolute atomic E-state index is 10.6. The second-order valence-corrected chi connectivity index (χ2v) is 9.93. The highest BCUT2D eigenvalue weighted by Gasteiger charge is 2.44. The van der Waals surface area contributed by atoms with Crippen molar-refractivity contribution in [1.82, 2.24) is 0 Å². The van der Waals surface area contributed by atoms with Crippen LogP contribution in [0.5, 0.6) is 0 Å². The van der Waals surface area contributed by atoms with E-state index in [1.165, 1.54) is 55.2 Å². The normalized spacial score (nSPS) is 15.6. The van der Waals surface area contributed by atoms with E-state index in [4.69, 9.17) is 4.74 Å². The Hall–Kier alpha value is -1.31. The van der Waals surface area contributed by atoms with Crippen LogP contribution in [0, 0.1) is 19.3 Å². The van der Waals surface area contributed by atoms with E-state index in [0.717, 1.165) is 32.1 Å². The second kappa shape index (κ2) is 9.75. The van der Waals surface area contributed by atoms with Gasteiger partial charge in [0.2, 0.25) is 0 Å². The van der Waals surface area contributed by atoms with Crippen LogP contribution >= 0.6 is 0 Å². The lowest BCUT2D eigenvalue weighted by molar-refractivity contribution is -0.135. The molecule has 2 rings (SSSR count). The zero-order valence-corrected chi connectivity index (χ0v) is 18.3. The van der Waals surface area contributed by atoms with Gasteiger partial charge in [-0.05, 0) is 93.7 Å². The van der Waals surface area contributed by atoms with Crippen LogP contribution in [0.15, 0.2) is 12.1 Å². The lowest BCUT2D eigenvalue weighted by atomic mass is 9.88. The Bertz CT molecular complexity index is 605. The Morgan fingerprint density at radius 3 is 2.07 bits per heavy atom. The summed E-state index contributed by atoms with van der Waals surface area (Å²) in [5, 5.41) is 0. The average Bonchev–Trinajstić information content (AvgIpc) is 3.34. The molecule has 1 aliphatic rings. The maximum atomic E-state index is 10.6. The molecule has 0 N–H and O–H groups in total. The summed E-state index contributed by atoms with van der Waals surface area (Å²) < 4.78 is 5.26. The summed E-state index contributed by atoms with van der Waals surface area (Å²) in [5.41, 5.74) is 6.32. The fourth-order valence-electron chi connectivity index (χ4n) is 4.11. The first kappa shape index (κ1) is 22.0. The minimum atomic E-state index is -0.0956. The van der Waals surface area contributed by atoms with E-state index >= 15 is 0 Å². The Kier molecular flexibility index (Phi) is 7.94. The summed E-state index contributed by atoms with van der Waals surface area (Å²) in [4.78, 5) is 10.6. The van der Waals surface area contributed by atoms with Gasteiger partial charge in [0.05, 0.1) is 0 Å². The molecule has 1 aromatic carbocycles. The molecule has 2 nitrogen and oxygen atoms in total. The molecule has 1 saturated carbocycles. The van der Waals surface area contributed by atoms with Crippen molar-refractivity contribution in [3.8, 4) is 0 Å². The molecule has 2 heteroatoms. The van der Waals surface area contributed by atoms with Crippen LogP contribution in [-0.4, -0.2) is 12.1 Å².